The number of rotatable bonds is 3. The van der Waals surface area contributed by atoms with Crippen molar-refractivity contribution in [2.75, 3.05) is 0 Å². The maximum Gasteiger partial charge on any atom is 0.238 e. The van der Waals surface area contributed by atoms with Crippen molar-refractivity contribution >= 4 is 26.0 Å². The van der Waals surface area contributed by atoms with Gasteiger partial charge in [0.25, 0.3) is 0 Å². The molecule has 1 aromatic rings. The van der Waals surface area contributed by atoms with Crippen molar-refractivity contribution in [1.29, 1.82) is 0 Å². The number of primary sulfonamides is 1. The topological polar surface area (TPSA) is 69.4 Å². The van der Waals surface area contributed by atoms with Gasteiger partial charge in [-0.15, -0.1) is 0 Å². The van der Waals surface area contributed by atoms with Crippen LogP contribution in [0.5, 0.6) is 5.75 Å². The van der Waals surface area contributed by atoms with E-state index < -0.39 is 10.0 Å². The van der Waals surface area contributed by atoms with Crippen molar-refractivity contribution in [1.82, 2.24) is 0 Å². The predicted molar refractivity (Wildman–Crippen MR) is 59.2 cm³/mol. The van der Waals surface area contributed by atoms with Gasteiger partial charge >= 0.3 is 0 Å². The van der Waals surface area contributed by atoms with Crippen LogP contribution in [0.4, 0.5) is 0 Å². The van der Waals surface area contributed by atoms with Gasteiger partial charge in [0, 0.05) is 10.5 Å². The smallest absolute Gasteiger partial charge is 0.238 e. The molecule has 0 bridgehead atoms. The van der Waals surface area contributed by atoms with Crippen molar-refractivity contribution in [3.63, 3.8) is 0 Å². The van der Waals surface area contributed by atoms with E-state index in [-0.39, 0.29) is 11.0 Å². The van der Waals surface area contributed by atoms with Crippen molar-refractivity contribution in [2.24, 2.45) is 5.14 Å². The number of halogens is 1. The Morgan fingerprint density at radius 2 is 2.00 bits per heavy atom. The van der Waals surface area contributed by atoms with E-state index >= 15 is 0 Å². The zero-order valence-electron chi connectivity index (χ0n) is 7.81. The van der Waals surface area contributed by atoms with E-state index in [9.17, 15) is 8.42 Å². The first kappa shape index (κ1) is 10.9. The highest BCUT2D eigenvalue weighted by Crippen LogP contribution is 2.30. The summed E-state index contributed by atoms with van der Waals surface area (Å²) in [7, 11) is -3.67. The molecule has 2 rings (SSSR count). The molecule has 1 saturated carbocycles. The van der Waals surface area contributed by atoms with Gasteiger partial charge in [0.15, 0.2) is 0 Å². The van der Waals surface area contributed by atoms with Gasteiger partial charge in [-0.3, -0.25) is 0 Å². The van der Waals surface area contributed by atoms with E-state index in [1.807, 2.05) is 0 Å². The zero-order chi connectivity index (χ0) is 11.1. The number of hydrogen-bond donors (Lipinski definition) is 1. The first-order valence-corrected chi connectivity index (χ1v) is 6.79. The summed E-state index contributed by atoms with van der Waals surface area (Å²) < 4.78 is 28.4. The minimum Gasteiger partial charge on any atom is -0.490 e. The highest BCUT2D eigenvalue weighted by molar-refractivity contribution is 9.10. The summed E-state index contributed by atoms with van der Waals surface area (Å²) in [5.74, 6) is 0.538. The lowest BCUT2D eigenvalue weighted by atomic mass is 10.3. The number of hydrogen-bond acceptors (Lipinski definition) is 3. The highest BCUT2D eigenvalue weighted by Gasteiger charge is 2.24. The Labute approximate surface area is 96.6 Å². The van der Waals surface area contributed by atoms with Gasteiger partial charge in [-0.2, -0.15) is 0 Å². The molecule has 0 aliphatic heterocycles. The Kier molecular flexibility index (Phi) is 2.74. The van der Waals surface area contributed by atoms with Crippen LogP contribution in [0.25, 0.3) is 0 Å². The van der Waals surface area contributed by atoms with E-state index in [0.29, 0.717) is 10.2 Å². The largest absolute Gasteiger partial charge is 0.490 e. The molecule has 2 N–H and O–H groups in total. The van der Waals surface area contributed by atoms with Crippen LogP contribution in [-0.4, -0.2) is 14.5 Å². The van der Waals surface area contributed by atoms with Crippen LogP contribution in [0.15, 0.2) is 27.6 Å². The number of nitrogens with two attached hydrogens (primary N) is 1. The second kappa shape index (κ2) is 3.77. The molecular weight excluding hydrogens is 282 g/mol. The van der Waals surface area contributed by atoms with Gasteiger partial charge in [0.05, 0.1) is 11.0 Å². The minimum absolute atomic E-state index is 0.0625. The third kappa shape index (κ3) is 2.93. The predicted octanol–water partition coefficient (Wildman–Crippen LogP) is 1.64. The SMILES string of the molecule is NS(=O)(=O)c1cc(Br)cc(OC2CC2)c1. The van der Waals surface area contributed by atoms with Crippen molar-refractivity contribution in [3.8, 4) is 5.75 Å². The number of sulfonamides is 1. The summed E-state index contributed by atoms with van der Waals surface area (Å²) in [5.41, 5.74) is 0. The summed E-state index contributed by atoms with van der Waals surface area (Å²) in [6.07, 6.45) is 2.28. The fourth-order valence-electron chi connectivity index (χ4n) is 1.15. The minimum atomic E-state index is -3.67. The Hall–Kier alpha value is -0.590. The van der Waals surface area contributed by atoms with Crippen LogP contribution in [0.3, 0.4) is 0 Å². The van der Waals surface area contributed by atoms with Gasteiger partial charge < -0.3 is 4.74 Å². The van der Waals surface area contributed by atoms with E-state index in [1.54, 1.807) is 6.07 Å². The molecule has 6 heteroatoms. The first-order chi connectivity index (χ1) is 6.95. The maximum absolute atomic E-state index is 11.1. The summed E-state index contributed by atoms with van der Waals surface area (Å²) in [5, 5.41) is 5.04. The Balaban J connectivity index is 2.35. The van der Waals surface area contributed by atoms with Gasteiger partial charge in [-0.05, 0) is 25.0 Å². The second-order valence-corrected chi connectivity index (χ2v) is 5.96. The first-order valence-electron chi connectivity index (χ1n) is 4.45. The van der Waals surface area contributed by atoms with Crippen LogP contribution < -0.4 is 9.88 Å². The molecule has 1 aliphatic carbocycles. The van der Waals surface area contributed by atoms with E-state index in [0.717, 1.165) is 12.8 Å². The third-order valence-corrected chi connectivity index (χ3v) is 3.35. The number of benzene rings is 1. The van der Waals surface area contributed by atoms with E-state index in [1.165, 1.54) is 12.1 Å². The molecule has 0 radical (unpaired) electrons. The van der Waals surface area contributed by atoms with Gasteiger partial charge in [-0.1, -0.05) is 15.9 Å². The van der Waals surface area contributed by atoms with Crippen molar-refractivity contribution in [2.45, 2.75) is 23.8 Å². The summed E-state index contributed by atoms with van der Waals surface area (Å²) in [6, 6.07) is 4.63. The van der Waals surface area contributed by atoms with Gasteiger partial charge in [0.1, 0.15) is 5.75 Å². The molecule has 15 heavy (non-hydrogen) atoms. The summed E-state index contributed by atoms with van der Waals surface area (Å²) in [6.45, 7) is 0. The molecule has 0 aromatic heterocycles. The lowest BCUT2D eigenvalue weighted by Crippen LogP contribution is -2.12. The average molecular weight is 292 g/mol. The van der Waals surface area contributed by atoms with Gasteiger partial charge in [0.2, 0.25) is 10.0 Å². The van der Waals surface area contributed by atoms with Gasteiger partial charge in [-0.25, -0.2) is 13.6 Å². The molecule has 0 atom stereocenters. The molecule has 0 spiro atoms. The quantitative estimate of drug-likeness (QED) is 0.920. The molecule has 1 fully saturated rings. The number of ether oxygens (including phenoxy) is 1. The Bertz CT molecular complexity index is 482. The standard InChI is InChI=1S/C9H10BrNO3S/c10-6-3-8(14-7-1-2-7)5-9(4-6)15(11,12)13/h3-5,7H,1-2H2,(H2,11,12,13). The van der Waals surface area contributed by atoms with E-state index in [4.69, 9.17) is 9.88 Å². The van der Waals surface area contributed by atoms with Crippen molar-refractivity contribution in [3.05, 3.63) is 22.7 Å². The molecule has 4 nitrogen and oxygen atoms in total. The molecule has 1 aliphatic rings. The monoisotopic (exact) mass is 291 g/mol. The van der Waals surface area contributed by atoms with E-state index in [2.05, 4.69) is 15.9 Å². The second-order valence-electron chi connectivity index (χ2n) is 3.48. The maximum atomic E-state index is 11.1. The van der Waals surface area contributed by atoms with Crippen LogP contribution in [0.1, 0.15) is 12.8 Å². The molecule has 0 amide bonds. The normalized spacial score (nSPS) is 16.4. The zero-order valence-corrected chi connectivity index (χ0v) is 10.2. The summed E-state index contributed by atoms with van der Waals surface area (Å²) in [4.78, 5) is 0.0625. The Morgan fingerprint density at radius 3 is 2.53 bits per heavy atom. The molecule has 0 unspecified atom stereocenters. The molecule has 0 heterocycles. The van der Waals surface area contributed by atoms with Crippen LogP contribution in [0.2, 0.25) is 0 Å². The average Bonchev–Trinajstić information content (AvgIpc) is 2.85. The van der Waals surface area contributed by atoms with Crippen molar-refractivity contribution < 1.29 is 13.2 Å². The molecule has 1 aromatic carbocycles. The fraction of sp³-hybridized carbons (Fsp3) is 0.333. The van der Waals surface area contributed by atoms with Crippen LogP contribution in [-0.2, 0) is 10.0 Å². The van der Waals surface area contributed by atoms with Crippen LogP contribution in [0, 0.1) is 0 Å². The summed E-state index contributed by atoms with van der Waals surface area (Å²) >= 11 is 3.22. The lowest BCUT2D eigenvalue weighted by molar-refractivity contribution is 0.302. The molecule has 82 valence electrons. The Morgan fingerprint density at radius 1 is 1.33 bits per heavy atom. The lowest BCUT2D eigenvalue weighted by Gasteiger charge is -2.06. The molecule has 0 saturated heterocycles. The van der Waals surface area contributed by atoms with Crippen LogP contribution >= 0.6 is 15.9 Å². The highest BCUT2D eigenvalue weighted by atomic mass is 79.9. The molecular formula is C9H10BrNO3S. The third-order valence-electron chi connectivity index (χ3n) is 2.00. The fourth-order valence-corrected chi connectivity index (χ4v) is 2.34.